The number of aromatic amines is 1. The van der Waals surface area contributed by atoms with Gasteiger partial charge in [0.1, 0.15) is 5.65 Å². The molecule has 2 aromatic heterocycles. The Morgan fingerprint density at radius 1 is 1.57 bits per heavy atom. The molecule has 1 N–H and O–H groups in total. The average Bonchev–Trinajstić information content (AvgIpc) is 2.52. The van der Waals surface area contributed by atoms with Crippen molar-refractivity contribution in [2.45, 2.75) is 0 Å². The minimum atomic E-state index is -1.32. The molecule has 66 valence electrons. The Hall–Kier alpha value is -0.953. The van der Waals surface area contributed by atoms with Gasteiger partial charge >= 0.3 is 18.9 Å². The average molecular weight is 203 g/mol. The van der Waals surface area contributed by atoms with Gasteiger partial charge in [-0.3, -0.25) is 0 Å². The van der Waals surface area contributed by atoms with Crippen LogP contribution in [0.3, 0.4) is 0 Å². The smallest absolute Gasteiger partial charge is 0.545 e. The summed E-state index contributed by atoms with van der Waals surface area (Å²) in [4.78, 5) is 17.2. The van der Waals surface area contributed by atoms with E-state index in [4.69, 9.17) is 11.6 Å². The summed E-state index contributed by atoms with van der Waals surface area (Å²) in [5.41, 5.74) is 0.476. The zero-order valence-corrected chi connectivity index (χ0v) is 8.13. The van der Waals surface area contributed by atoms with Gasteiger partial charge in [-0.1, -0.05) is 11.6 Å². The van der Waals surface area contributed by atoms with Crippen molar-refractivity contribution in [1.29, 1.82) is 0 Å². The number of hydrogen-bond acceptors (Lipinski definition) is 3. The SMILES string of the molecule is O=C([O-])c1cnc2[nH]ccc2c1Cl.[Li+]. The van der Waals surface area contributed by atoms with Gasteiger partial charge in [0.15, 0.2) is 0 Å². The molecule has 0 aliphatic carbocycles. The molecule has 6 heteroatoms. The summed E-state index contributed by atoms with van der Waals surface area (Å²) >= 11 is 5.80. The summed E-state index contributed by atoms with van der Waals surface area (Å²) in [6.07, 6.45) is 2.82. The first kappa shape index (κ1) is 11.1. The Morgan fingerprint density at radius 3 is 2.93 bits per heavy atom. The predicted octanol–water partition coefficient (Wildman–Crippen LogP) is -2.42. The maximum Gasteiger partial charge on any atom is 1.00 e. The second-order valence-corrected chi connectivity index (χ2v) is 2.89. The first-order chi connectivity index (χ1) is 6.20. The first-order valence-corrected chi connectivity index (χ1v) is 3.91. The third-order valence-corrected chi connectivity index (χ3v) is 2.15. The van der Waals surface area contributed by atoms with E-state index in [0.717, 1.165) is 0 Å². The number of hydrogen-bond donors (Lipinski definition) is 1. The summed E-state index contributed by atoms with van der Waals surface area (Å²) in [6.45, 7) is 0. The Bertz CT molecular complexity index is 483. The van der Waals surface area contributed by atoms with Gasteiger partial charge in [0.05, 0.1) is 11.0 Å². The van der Waals surface area contributed by atoms with Crippen molar-refractivity contribution in [3.05, 3.63) is 29.0 Å². The number of nitrogens with zero attached hydrogens (tertiary/aromatic N) is 1. The number of carboxylic acid groups (broad SMARTS) is 1. The summed E-state index contributed by atoms with van der Waals surface area (Å²) < 4.78 is 0. The van der Waals surface area contributed by atoms with E-state index in [1.54, 1.807) is 12.3 Å². The van der Waals surface area contributed by atoms with Crippen LogP contribution in [0.25, 0.3) is 11.0 Å². The van der Waals surface area contributed by atoms with Crippen molar-refractivity contribution in [3.8, 4) is 0 Å². The quantitative estimate of drug-likeness (QED) is 0.524. The van der Waals surface area contributed by atoms with E-state index in [-0.39, 0.29) is 29.4 Å². The molecule has 0 aliphatic rings. The van der Waals surface area contributed by atoms with Crippen molar-refractivity contribution in [3.63, 3.8) is 0 Å². The minimum absolute atomic E-state index is 0. The summed E-state index contributed by atoms with van der Waals surface area (Å²) in [5, 5.41) is 11.3. The van der Waals surface area contributed by atoms with Crippen LogP contribution in [0, 0.1) is 0 Å². The van der Waals surface area contributed by atoms with Gasteiger partial charge < -0.3 is 14.9 Å². The fourth-order valence-corrected chi connectivity index (χ4v) is 1.40. The number of nitrogens with one attached hydrogen (secondary N) is 1. The molecule has 2 rings (SSSR count). The standard InChI is InChI=1S/C8H5ClN2O2.Li/c9-6-4-1-2-10-7(4)11-3-5(6)8(12)13;/h1-3H,(H,10,11)(H,12,13);/q;+1/p-1. The second-order valence-electron chi connectivity index (χ2n) is 2.51. The molecule has 0 radical (unpaired) electrons. The molecule has 0 fully saturated rings. The Morgan fingerprint density at radius 2 is 2.29 bits per heavy atom. The molecule has 0 aromatic carbocycles. The van der Waals surface area contributed by atoms with Crippen molar-refractivity contribution < 1.29 is 28.8 Å². The number of carbonyl (C=O) groups is 1. The maximum absolute atomic E-state index is 10.5. The largest absolute Gasteiger partial charge is 1.00 e. The van der Waals surface area contributed by atoms with Crippen molar-refractivity contribution >= 4 is 28.6 Å². The van der Waals surface area contributed by atoms with Crippen molar-refractivity contribution in [2.75, 3.05) is 0 Å². The summed E-state index contributed by atoms with van der Waals surface area (Å²) in [5.74, 6) is -1.32. The predicted molar refractivity (Wildman–Crippen MR) is 45.4 cm³/mol. The van der Waals surface area contributed by atoms with Crippen LogP contribution >= 0.6 is 11.6 Å². The molecule has 0 aliphatic heterocycles. The maximum atomic E-state index is 10.5. The van der Waals surface area contributed by atoms with Gasteiger partial charge in [0.25, 0.3) is 0 Å². The number of rotatable bonds is 1. The molecule has 0 saturated heterocycles. The number of aromatic nitrogens is 2. The molecule has 0 bridgehead atoms. The molecule has 2 aromatic rings. The van der Waals surface area contributed by atoms with E-state index in [1.807, 2.05) is 0 Å². The molecule has 0 atom stereocenters. The van der Waals surface area contributed by atoms with Gasteiger partial charge in [-0.25, -0.2) is 4.98 Å². The third-order valence-electron chi connectivity index (χ3n) is 1.74. The van der Waals surface area contributed by atoms with Crippen LogP contribution in [0.4, 0.5) is 0 Å². The van der Waals surface area contributed by atoms with E-state index < -0.39 is 5.97 Å². The number of carbonyl (C=O) groups excluding carboxylic acids is 1. The van der Waals surface area contributed by atoms with Crippen LogP contribution in [0.1, 0.15) is 10.4 Å². The van der Waals surface area contributed by atoms with Crippen LogP contribution in [0.15, 0.2) is 18.5 Å². The molecule has 0 unspecified atom stereocenters. The number of fused-ring (bicyclic) bond motifs is 1. The van der Waals surface area contributed by atoms with E-state index in [9.17, 15) is 9.90 Å². The molecule has 0 spiro atoms. The fourth-order valence-electron chi connectivity index (χ4n) is 1.12. The first-order valence-electron chi connectivity index (χ1n) is 3.53. The van der Waals surface area contributed by atoms with Crippen LogP contribution in [0.2, 0.25) is 5.02 Å². The van der Waals surface area contributed by atoms with Gasteiger partial charge in [-0.2, -0.15) is 0 Å². The molecule has 14 heavy (non-hydrogen) atoms. The van der Waals surface area contributed by atoms with Gasteiger partial charge in [0.2, 0.25) is 0 Å². The number of aromatic carboxylic acids is 1. The zero-order chi connectivity index (χ0) is 9.42. The van der Waals surface area contributed by atoms with Crippen LogP contribution in [0.5, 0.6) is 0 Å². The zero-order valence-electron chi connectivity index (χ0n) is 7.37. The van der Waals surface area contributed by atoms with E-state index in [1.165, 1.54) is 6.20 Å². The van der Waals surface area contributed by atoms with Crippen LogP contribution in [-0.4, -0.2) is 15.9 Å². The Balaban J connectivity index is 0.000000980. The molecular formula is C8H4ClLiN2O2. The molecular weight excluding hydrogens is 198 g/mol. The second kappa shape index (κ2) is 4.05. The number of carboxylic acids is 1. The van der Waals surface area contributed by atoms with E-state index in [2.05, 4.69) is 9.97 Å². The summed E-state index contributed by atoms with van der Waals surface area (Å²) in [7, 11) is 0. The van der Waals surface area contributed by atoms with Crippen molar-refractivity contribution in [2.24, 2.45) is 0 Å². The van der Waals surface area contributed by atoms with Crippen LogP contribution < -0.4 is 24.0 Å². The Kier molecular flexibility index (Phi) is 3.22. The number of halogens is 1. The topological polar surface area (TPSA) is 68.8 Å². The van der Waals surface area contributed by atoms with Crippen molar-refractivity contribution in [1.82, 2.24) is 9.97 Å². The van der Waals surface area contributed by atoms with Gasteiger partial charge in [0, 0.05) is 23.3 Å². The summed E-state index contributed by atoms with van der Waals surface area (Å²) in [6, 6.07) is 1.66. The van der Waals surface area contributed by atoms with Gasteiger partial charge in [-0.05, 0) is 6.07 Å². The van der Waals surface area contributed by atoms with E-state index >= 15 is 0 Å². The van der Waals surface area contributed by atoms with E-state index in [0.29, 0.717) is 11.0 Å². The fraction of sp³-hybridized carbons (Fsp3) is 0. The number of pyridine rings is 1. The monoisotopic (exact) mass is 202 g/mol. The minimum Gasteiger partial charge on any atom is -0.545 e. The normalized spacial score (nSPS) is 9.79. The van der Waals surface area contributed by atoms with Gasteiger partial charge in [-0.15, -0.1) is 0 Å². The molecule has 2 heterocycles. The van der Waals surface area contributed by atoms with Crippen LogP contribution in [-0.2, 0) is 0 Å². The molecule has 0 saturated carbocycles. The molecule has 4 nitrogen and oxygen atoms in total. The Labute approximate surface area is 96.5 Å². The molecule has 0 amide bonds. The third kappa shape index (κ3) is 1.64. The number of H-pyrrole nitrogens is 1.